The topological polar surface area (TPSA) is 74.4 Å². The molecule has 1 aliphatic rings. The van der Waals surface area contributed by atoms with Crippen molar-refractivity contribution in [3.63, 3.8) is 0 Å². The number of aromatic amines is 1. The van der Waals surface area contributed by atoms with Crippen molar-refractivity contribution in [1.82, 2.24) is 15.4 Å². The predicted molar refractivity (Wildman–Crippen MR) is 134 cm³/mol. The second kappa shape index (κ2) is 8.72. The number of hydrogen-bond donors (Lipinski definition) is 2. The predicted octanol–water partition coefficient (Wildman–Crippen LogP) is 5.31. The Kier molecular flexibility index (Phi) is 5.59. The van der Waals surface area contributed by atoms with Gasteiger partial charge in [-0.25, -0.2) is 5.01 Å². The molecule has 34 heavy (non-hydrogen) atoms. The molecular weight excluding hydrogens is 450 g/mol. The number of hydrazine groups is 1. The van der Waals surface area contributed by atoms with Crippen molar-refractivity contribution in [3.8, 4) is 16.9 Å². The SMILES string of the molecule is COc1ccc([C@H]2C=C(c3c(-c4ccccc4)c4cc(Cl)ccc4[nH]c3=O)NN2C(C)=O)cc1. The zero-order valence-electron chi connectivity index (χ0n) is 18.6. The van der Waals surface area contributed by atoms with E-state index >= 15 is 0 Å². The van der Waals surface area contributed by atoms with E-state index in [1.807, 2.05) is 66.7 Å². The molecule has 0 aliphatic carbocycles. The fraction of sp³-hybridized carbons (Fsp3) is 0.111. The first-order valence-corrected chi connectivity index (χ1v) is 11.2. The maximum absolute atomic E-state index is 13.4. The van der Waals surface area contributed by atoms with Crippen LogP contribution in [0.4, 0.5) is 0 Å². The van der Waals surface area contributed by atoms with Crippen LogP contribution in [0.3, 0.4) is 0 Å². The summed E-state index contributed by atoms with van der Waals surface area (Å²) in [5.74, 6) is 0.552. The maximum Gasteiger partial charge on any atom is 0.258 e. The number of carbonyl (C=O) groups excluding carboxylic acids is 1. The van der Waals surface area contributed by atoms with Crippen molar-refractivity contribution < 1.29 is 9.53 Å². The number of amides is 1. The molecule has 1 atom stereocenters. The highest BCUT2D eigenvalue weighted by Gasteiger charge is 2.31. The molecule has 0 saturated heterocycles. The molecular formula is C27H22ClN3O3. The van der Waals surface area contributed by atoms with Crippen molar-refractivity contribution in [2.45, 2.75) is 13.0 Å². The van der Waals surface area contributed by atoms with E-state index in [9.17, 15) is 9.59 Å². The summed E-state index contributed by atoms with van der Waals surface area (Å²) >= 11 is 6.34. The normalized spacial score (nSPS) is 15.2. The van der Waals surface area contributed by atoms with Crippen molar-refractivity contribution in [2.75, 3.05) is 7.11 Å². The third-order valence-corrected chi connectivity index (χ3v) is 6.18. The van der Waals surface area contributed by atoms with Crippen LogP contribution in [0.5, 0.6) is 5.75 Å². The Morgan fingerprint density at radius 1 is 1.00 bits per heavy atom. The van der Waals surface area contributed by atoms with Crippen LogP contribution in [0, 0.1) is 0 Å². The molecule has 7 heteroatoms. The van der Waals surface area contributed by atoms with Crippen LogP contribution in [-0.2, 0) is 4.79 Å². The van der Waals surface area contributed by atoms with Gasteiger partial charge in [0.25, 0.3) is 5.56 Å². The zero-order valence-corrected chi connectivity index (χ0v) is 19.4. The minimum atomic E-state index is -0.392. The van der Waals surface area contributed by atoms with Gasteiger partial charge in [-0.2, -0.15) is 0 Å². The largest absolute Gasteiger partial charge is 0.497 e. The molecule has 2 heterocycles. The molecule has 1 aliphatic heterocycles. The van der Waals surface area contributed by atoms with Gasteiger partial charge in [-0.1, -0.05) is 54.1 Å². The lowest BCUT2D eigenvalue weighted by atomic mass is 9.94. The lowest BCUT2D eigenvalue weighted by Crippen LogP contribution is -2.38. The number of carbonyl (C=O) groups is 1. The molecule has 1 amide bonds. The van der Waals surface area contributed by atoms with Crippen LogP contribution in [0.1, 0.15) is 24.1 Å². The van der Waals surface area contributed by atoms with Gasteiger partial charge in [-0.05, 0) is 47.5 Å². The lowest BCUT2D eigenvalue weighted by Gasteiger charge is -2.24. The number of H-pyrrole nitrogens is 1. The van der Waals surface area contributed by atoms with Gasteiger partial charge in [-0.3, -0.25) is 15.0 Å². The minimum absolute atomic E-state index is 0.173. The van der Waals surface area contributed by atoms with E-state index in [-0.39, 0.29) is 11.5 Å². The molecule has 3 aromatic carbocycles. The van der Waals surface area contributed by atoms with Gasteiger partial charge in [-0.15, -0.1) is 0 Å². The molecule has 170 valence electrons. The number of nitrogens with zero attached hydrogens (tertiary/aromatic N) is 1. The molecule has 2 N–H and O–H groups in total. The van der Waals surface area contributed by atoms with E-state index in [0.29, 0.717) is 21.8 Å². The quantitative estimate of drug-likeness (QED) is 0.423. The first-order valence-electron chi connectivity index (χ1n) is 10.8. The number of fused-ring (bicyclic) bond motifs is 1. The monoisotopic (exact) mass is 471 g/mol. The first-order chi connectivity index (χ1) is 16.5. The van der Waals surface area contributed by atoms with Gasteiger partial charge in [0.05, 0.1) is 24.4 Å². The average molecular weight is 472 g/mol. The number of rotatable bonds is 4. The highest BCUT2D eigenvalue weighted by molar-refractivity contribution is 6.31. The fourth-order valence-corrected chi connectivity index (χ4v) is 4.53. The number of ether oxygens (including phenoxy) is 1. The van der Waals surface area contributed by atoms with E-state index < -0.39 is 6.04 Å². The van der Waals surface area contributed by atoms with Gasteiger partial charge in [0.15, 0.2) is 0 Å². The number of aromatic nitrogens is 1. The van der Waals surface area contributed by atoms with Crippen LogP contribution in [0.2, 0.25) is 5.02 Å². The number of hydrogen-bond acceptors (Lipinski definition) is 4. The summed E-state index contributed by atoms with van der Waals surface area (Å²) in [6, 6.07) is 22.2. The van der Waals surface area contributed by atoms with Gasteiger partial charge in [0.2, 0.25) is 5.91 Å². The van der Waals surface area contributed by atoms with E-state index in [1.165, 1.54) is 11.9 Å². The molecule has 1 aromatic heterocycles. The zero-order chi connectivity index (χ0) is 23.8. The molecule has 4 aromatic rings. The highest BCUT2D eigenvalue weighted by atomic mass is 35.5. The van der Waals surface area contributed by atoms with Crippen LogP contribution < -0.4 is 15.7 Å². The summed E-state index contributed by atoms with van der Waals surface area (Å²) in [6.07, 6.45) is 1.90. The number of benzene rings is 3. The van der Waals surface area contributed by atoms with Crippen LogP contribution >= 0.6 is 11.6 Å². The lowest BCUT2D eigenvalue weighted by molar-refractivity contribution is -0.132. The summed E-state index contributed by atoms with van der Waals surface area (Å²) in [6.45, 7) is 1.49. The summed E-state index contributed by atoms with van der Waals surface area (Å²) in [5.41, 5.74) is 7.12. The Hall–Kier alpha value is -4.03. The van der Waals surface area contributed by atoms with Gasteiger partial charge in [0, 0.05) is 28.4 Å². The number of pyridine rings is 1. The van der Waals surface area contributed by atoms with Crippen molar-refractivity contribution in [3.05, 3.63) is 105 Å². The summed E-state index contributed by atoms with van der Waals surface area (Å²) in [4.78, 5) is 28.9. The summed E-state index contributed by atoms with van der Waals surface area (Å²) in [5, 5.41) is 2.91. The van der Waals surface area contributed by atoms with Gasteiger partial charge < -0.3 is 9.72 Å². The maximum atomic E-state index is 13.4. The van der Waals surface area contributed by atoms with Crippen molar-refractivity contribution in [1.29, 1.82) is 0 Å². The van der Waals surface area contributed by atoms with E-state index in [4.69, 9.17) is 16.3 Å². The summed E-state index contributed by atoms with van der Waals surface area (Å²) in [7, 11) is 1.61. The first kappa shape index (κ1) is 21.8. The molecule has 0 saturated carbocycles. The van der Waals surface area contributed by atoms with Crippen LogP contribution in [0.25, 0.3) is 27.7 Å². The average Bonchev–Trinajstić information content (AvgIpc) is 3.29. The van der Waals surface area contributed by atoms with Crippen molar-refractivity contribution >= 4 is 34.1 Å². The smallest absolute Gasteiger partial charge is 0.258 e. The highest BCUT2D eigenvalue weighted by Crippen LogP contribution is 2.37. The van der Waals surface area contributed by atoms with Gasteiger partial charge in [0.1, 0.15) is 5.75 Å². The Labute approximate surface area is 201 Å². The molecule has 0 bridgehead atoms. The Morgan fingerprint density at radius 2 is 1.74 bits per heavy atom. The number of halogens is 1. The molecule has 5 rings (SSSR count). The molecule has 0 radical (unpaired) electrons. The van der Waals surface area contributed by atoms with Gasteiger partial charge >= 0.3 is 0 Å². The Morgan fingerprint density at radius 3 is 2.41 bits per heavy atom. The Balaban J connectivity index is 1.74. The fourth-order valence-electron chi connectivity index (χ4n) is 4.36. The number of methoxy groups -OCH3 is 1. The second-order valence-electron chi connectivity index (χ2n) is 8.06. The van der Waals surface area contributed by atoms with Crippen LogP contribution in [-0.4, -0.2) is 23.0 Å². The second-order valence-corrected chi connectivity index (χ2v) is 8.50. The molecule has 0 unspecified atom stereocenters. The van der Waals surface area contributed by atoms with Crippen LogP contribution in [0.15, 0.2) is 83.7 Å². The summed E-state index contributed by atoms with van der Waals surface area (Å²) < 4.78 is 5.26. The minimum Gasteiger partial charge on any atom is -0.497 e. The molecule has 0 fully saturated rings. The standard InChI is InChI=1S/C27H22ClN3O3/c1-16(32)31-24(17-8-11-20(34-2)12-9-17)15-23(30-31)26-25(18-6-4-3-5-7-18)21-14-19(28)10-13-22(21)29-27(26)33/h3-15,24,30H,1-2H3,(H,29,33)/t24-/m1/s1. The van der Waals surface area contributed by atoms with E-state index in [2.05, 4.69) is 10.4 Å². The molecule has 0 spiro atoms. The van der Waals surface area contributed by atoms with E-state index in [0.717, 1.165) is 27.8 Å². The van der Waals surface area contributed by atoms with Crippen molar-refractivity contribution in [2.24, 2.45) is 0 Å². The third-order valence-electron chi connectivity index (χ3n) is 5.95. The third kappa shape index (κ3) is 3.82. The molecule has 6 nitrogen and oxygen atoms in total. The Bertz CT molecular complexity index is 1480. The number of nitrogens with one attached hydrogen (secondary N) is 2. The van der Waals surface area contributed by atoms with E-state index in [1.54, 1.807) is 19.2 Å².